The first kappa shape index (κ1) is 16.4. The van der Waals surface area contributed by atoms with E-state index in [0.717, 1.165) is 34.3 Å². The third kappa shape index (κ3) is 3.19. The Bertz CT molecular complexity index is 1130. The molecule has 6 heteroatoms. The average molecular weight is 366 g/mol. The van der Waals surface area contributed by atoms with Crippen LogP contribution in [0.3, 0.4) is 0 Å². The van der Waals surface area contributed by atoms with Crippen molar-refractivity contribution in [3.63, 3.8) is 0 Å². The predicted octanol–water partition coefficient (Wildman–Crippen LogP) is 4.77. The fourth-order valence-corrected chi connectivity index (χ4v) is 3.83. The molecule has 0 bridgehead atoms. The SMILES string of the molecule is O=S(=O)(Nc1ccc(-c2cc3ccccc3[nH]2)cc1)c1ccc(F)cc1. The van der Waals surface area contributed by atoms with Gasteiger partial charge >= 0.3 is 0 Å². The van der Waals surface area contributed by atoms with E-state index in [9.17, 15) is 12.8 Å². The number of hydrogen-bond acceptors (Lipinski definition) is 2. The number of benzene rings is 3. The Hall–Kier alpha value is -3.12. The molecule has 0 amide bonds. The smallest absolute Gasteiger partial charge is 0.261 e. The molecule has 4 aromatic rings. The molecule has 4 rings (SSSR count). The number of halogens is 1. The van der Waals surface area contributed by atoms with Gasteiger partial charge in [-0.15, -0.1) is 0 Å². The zero-order valence-corrected chi connectivity index (χ0v) is 14.4. The van der Waals surface area contributed by atoms with Gasteiger partial charge in [0.25, 0.3) is 10.0 Å². The molecule has 1 heterocycles. The molecule has 0 aliphatic heterocycles. The van der Waals surface area contributed by atoms with Gasteiger partial charge in [0.1, 0.15) is 5.82 Å². The van der Waals surface area contributed by atoms with E-state index in [1.54, 1.807) is 12.1 Å². The van der Waals surface area contributed by atoms with Crippen molar-refractivity contribution in [3.05, 3.63) is 84.7 Å². The molecule has 130 valence electrons. The van der Waals surface area contributed by atoms with Crippen LogP contribution in [0.4, 0.5) is 10.1 Å². The molecule has 0 aliphatic carbocycles. The lowest BCUT2D eigenvalue weighted by Gasteiger charge is -2.08. The first-order valence-corrected chi connectivity index (χ1v) is 9.46. The molecule has 0 atom stereocenters. The number of H-pyrrole nitrogens is 1. The third-order valence-corrected chi connectivity index (χ3v) is 5.50. The fraction of sp³-hybridized carbons (Fsp3) is 0. The van der Waals surface area contributed by atoms with Crippen LogP contribution in [0.2, 0.25) is 0 Å². The van der Waals surface area contributed by atoms with Crippen molar-refractivity contribution in [1.29, 1.82) is 0 Å². The van der Waals surface area contributed by atoms with Gasteiger partial charge in [-0.1, -0.05) is 30.3 Å². The number of aromatic nitrogens is 1. The highest BCUT2D eigenvalue weighted by Gasteiger charge is 2.14. The van der Waals surface area contributed by atoms with Crippen molar-refractivity contribution in [2.24, 2.45) is 0 Å². The summed E-state index contributed by atoms with van der Waals surface area (Å²) in [5.74, 6) is -0.480. The Kier molecular flexibility index (Phi) is 3.97. The summed E-state index contributed by atoms with van der Waals surface area (Å²) in [6.07, 6.45) is 0. The highest BCUT2D eigenvalue weighted by molar-refractivity contribution is 7.92. The molecule has 26 heavy (non-hydrogen) atoms. The van der Waals surface area contributed by atoms with Crippen molar-refractivity contribution in [1.82, 2.24) is 4.98 Å². The van der Waals surface area contributed by atoms with Crippen LogP contribution in [-0.2, 0) is 10.0 Å². The summed E-state index contributed by atoms with van der Waals surface area (Å²) in [5.41, 5.74) is 3.39. The Morgan fingerprint density at radius 3 is 2.23 bits per heavy atom. The summed E-state index contributed by atoms with van der Waals surface area (Å²) in [6, 6.07) is 21.8. The summed E-state index contributed by atoms with van der Waals surface area (Å²) < 4.78 is 40.2. The van der Waals surface area contributed by atoms with Gasteiger partial charge in [0.15, 0.2) is 0 Å². The minimum absolute atomic E-state index is 0.0126. The van der Waals surface area contributed by atoms with Crippen molar-refractivity contribution in [2.45, 2.75) is 4.90 Å². The Labute approximate surface area is 150 Å². The maximum atomic E-state index is 13.0. The molecule has 0 fully saturated rings. The molecule has 0 saturated heterocycles. The summed E-state index contributed by atoms with van der Waals surface area (Å²) in [6.45, 7) is 0. The quantitative estimate of drug-likeness (QED) is 0.546. The molecule has 0 unspecified atom stereocenters. The molecule has 0 radical (unpaired) electrons. The van der Waals surface area contributed by atoms with E-state index < -0.39 is 15.8 Å². The van der Waals surface area contributed by atoms with Gasteiger partial charge in [0, 0.05) is 22.3 Å². The van der Waals surface area contributed by atoms with Crippen LogP contribution in [-0.4, -0.2) is 13.4 Å². The van der Waals surface area contributed by atoms with Crippen molar-refractivity contribution < 1.29 is 12.8 Å². The van der Waals surface area contributed by atoms with E-state index in [2.05, 4.69) is 9.71 Å². The second-order valence-electron chi connectivity index (χ2n) is 5.91. The predicted molar refractivity (Wildman–Crippen MR) is 101 cm³/mol. The van der Waals surface area contributed by atoms with Gasteiger partial charge in [-0.25, -0.2) is 12.8 Å². The number of nitrogens with one attached hydrogen (secondary N) is 2. The summed E-state index contributed by atoms with van der Waals surface area (Å²) in [4.78, 5) is 3.35. The second kappa shape index (κ2) is 6.31. The number of rotatable bonds is 4. The molecule has 3 aromatic carbocycles. The van der Waals surface area contributed by atoms with Gasteiger partial charge in [-0.2, -0.15) is 0 Å². The second-order valence-corrected chi connectivity index (χ2v) is 7.59. The minimum atomic E-state index is -3.75. The van der Waals surface area contributed by atoms with Crippen molar-refractivity contribution in [2.75, 3.05) is 4.72 Å². The highest BCUT2D eigenvalue weighted by atomic mass is 32.2. The lowest BCUT2D eigenvalue weighted by atomic mass is 10.1. The van der Waals surface area contributed by atoms with Crippen LogP contribution in [0.5, 0.6) is 0 Å². The summed E-state index contributed by atoms with van der Waals surface area (Å²) >= 11 is 0. The highest BCUT2D eigenvalue weighted by Crippen LogP contribution is 2.26. The topological polar surface area (TPSA) is 62.0 Å². The molecule has 0 aliphatic rings. The van der Waals surface area contributed by atoms with Crippen LogP contribution in [0.15, 0.2) is 83.8 Å². The maximum absolute atomic E-state index is 13.0. The fourth-order valence-electron chi connectivity index (χ4n) is 2.77. The first-order valence-electron chi connectivity index (χ1n) is 7.98. The van der Waals surface area contributed by atoms with Crippen LogP contribution in [0.25, 0.3) is 22.2 Å². The lowest BCUT2D eigenvalue weighted by molar-refractivity contribution is 0.599. The van der Waals surface area contributed by atoms with Gasteiger partial charge in [0.2, 0.25) is 0 Å². The monoisotopic (exact) mass is 366 g/mol. The standard InChI is InChI=1S/C20H15FN2O2S/c21-16-7-11-18(12-8-16)26(24,25)23-17-9-5-14(6-10-17)20-13-15-3-1-2-4-19(15)22-20/h1-13,22-23H. The van der Waals surface area contributed by atoms with E-state index >= 15 is 0 Å². The molecule has 2 N–H and O–H groups in total. The number of hydrogen-bond donors (Lipinski definition) is 2. The Morgan fingerprint density at radius 2 is 1.54 bits per heavy atom. The lowest BCUT2D eigenvalue weighted by Crippen LogP contribution is -2.12. The van der Waals surface area contributed by atoms with Crippen molar-refractivity contribution >= 4 is 26.6 Å². The van der Waals surface area contributed by atoms with Crippen LogP contribution in [0, 0.1) is 5.82 Å². The number of para-hydroxylation sites is 1. The molecule has 4 nitrogen and oxygen atoms in total. The molecular weight excluding hydrogens is 351 g/mol. The van der Waals surface area contributed by atoms with Crippen LogP contribution < -0.4 is 4.72 Å². The van der Waals surface area contributed by atoms with Gasteiger partial charge in [-0.05, 0) is 54.1 Å². The van der Waals surface area contributed by atoms with E-state index in [0.29, 0.717) is 5.69 Å². The molecular formula is C20H15FN2O2S. The van der Waals surface area contributed by atoms with Gasteiger partial charge in [-0.3, -0.25) is 4.72 Å². The van der Waals surface area contributed by atoms with E-state index in [1.165, 1.54) is 12.1 Å². The maximum Gasteiger partial charge on any atom is 0.261 e. The number of fused-ring (bicyclic) bond motifs is 1. The number of sulfonamides is 1. The molecule has 1 aromatic heterocycles. The van der Waals surface area contributed by atoms with Crippen LogP contribution in [0.1, 0.15) is 0 Å². The average Bonchev–Trinajstić information content (AvgIpc) is 3.06. The Morgan fingerprint density at radius 1 is 0.846 bits per heavy atom. The first-order chi connectivity index (χ1) is 12.5. The van der Waals surface area contributed by atoms with E-state index in [-0.39, 0.29) is 4.90 Å². The zero-order valence-electron chi connectivity index (χ0n) is 13.6. The Balaban J connectivity index is 1.58. The minimum Gasteiger partial charge on any atom is -0.355 e. The van der Waals surface area contributed by atoms with Gasteiger partial charge in [0.05, 0.1) is 4.90 Å². The largest absolute Gasteiger partial charge is 0.355 e. The summed E-state index contributed by atoms with van der Waals surface area (Å²) in [5, 5.41) is 1.11. The number of aromatic amines is 1. The zero-order chi connectivity index (χ0) is 18.1. The molecule has 0 spiro atoms. The van der Waals surface area contributed by atoms with Crippen LogP contribution >= 0.6 is 0 Å². The van der Waals surface area contributed by atoms with E-state index in [4.69, 9.17) is 0 Å². The molecule has 0 saturated carbocycles. The number of anilines is 1. The van der Waals surface area contributed by atoms with E-state index in [1.807, 2.05) is 42.5 Å². The normalized spacial score (nSPS) is 11.6. The van der Waals surface area contributed by atoms with Gasteiger partial charge < -0.3 is 4.98 Å². The third-order valence-electron chi connectivity index (χ3n) is 4.10. The van der Waals surface area contributed by atoms with Crippen molar-refractivity contribution in [3.8, 4) is 11.3 Å². The summed E-state index contributed by atoms with van der Waals surface area (Å²) in [7, 11) is -3.75.